The molecule has 1 aliphatic rings. The number of hydrogen-bond donors (Lipinski definition) is 2. The monoisotopic (exact) mass is 300 g/mol. The van der Waals surface area contributed by atoms with Crippen LogP contribution in [0.1, 0.15) is 24.0 Å². The van der Waals surface area contributed by atoms with Gasteiger partial charge in [0.05, 0.1) is 0 Å². The van der Waals surface area contributed by atoms with Gasteiger partial charge in [0.1, 0.15) is 0 Å². The zero-order valence-electron chi connectivity index (χ0n) is 13.0. The largest absolute Gasteiger partial charge is 0.404 e. The van der Waals surface area contributed by atoms with Crippen molar-refractivity contribution < 1.29 is 4.79 Å². The van der Waals surface area contributed by atoms with Gasteiger partial charge in [0.25, 0.3) is 0 Å². The zero-order valence-corrected chi connectivity index (χ0v) is 13.0. The summed E-state index contributed by atoms with van der Waals surface area (Å²) in [7, 11) is 1.74. The number of aliphatic imine (C=N–C) groups is 1. The molecule has 1 fully saturated rings. The Morgan fingerprint density at radius 2 is 2.14 bits per heavy atom. The molecule has 2 amide bonds. The number of primary amides is 1. The van der Waals surface area contributed by atoms with E-state index in [1.165, 1.54) is 5.56 Å². The van der Waals surface area contributed by atoms with Crippen molar-refractivity contribution in [2.45, 2.75) is 19.3 Å². The second-order valence-electron chi connectivity index (χ2n) is 5.68. The summed E-state index contributed by atoms with van der Waals surface area (Å²) in [4.78, 5) is 16.9. The summed E-state index contributed by atoms with van der Waals surface area (Å²) in [5, 5.41) is 0. The first-order chi connectivity index (χ1) is 10.6. The number of carbonyl (C=O) groups is 1. The van der Waals surface area contributed by atoms with E-state index in [4.69, 9.17) is 11.5 Å². The van der Waals surface area contributed by atoms with E-state index in [1.807, 2.05) is 6.07 Å². The summed E-state index contributed by atoms with van der Waals surface area (Å²) in [5.74, 6) is 0.594. The molecular formula is C17H24N4O. The number of rotatable bonds is 4. The molecule has 0 atom stereocenters. The van der Waals surface area contributed by atoms with Gasteiger partial charge in [-0.1, -0.05) is 24.3 Å². The van der Waals surface area contributed by atoms with Gasteiger partial charge in [-0.15, -0.1) is 0 Å². The van der Waals surface area contributed by atoms with Crippen LogP contribution in [0.15, 0.2) is 35.5 Å². The highest BCUT2D eigenvalue weighted by molar-refractivity contribution is 6.09. The Morgan fingerprint density at radius 3 is 2.73 bits per heavy atom. The van der Waals surface area contributed by atoms with Crippen LogP contribution in [0.5, 0.6) is 0 Å². The molecule has 22 heavy (non-hydrogen) atoms. The number of carbonyl (C=O) groups excluding carboxylic acids is 1. The molecule has 0 radical (unpaired) electrons. The van der Waals surface area contributed by atoms with E-state index in [1.54, 1.807) is 24.4 Å². The van der Waals surface area contributed by atoms with Gasteiger partial charge in [-0.2, -0.15) is 0 Å². The standard InChI is InChI=1S/C17H24N4O/c1-20-12-16(11-18)15-4-2-3-14(10-15)9-13-5-7-21(8-6-13)17(19)22/h2-4,10-13H,5-9,18H2,1H3,(H2,19,22)/b16-11+,20-12?. The van der Waals surface area contributed by atoms with Gasteiger partial charge in [-0.25, -0.2) is 4.79 Å². The molecule has 1 aliphatic heterocycles. The number of allylic oxidation sites excluding steroid dienone is 1. The summed E-state index contributed by atoms with van der Waals surface area (Å²) in [6, 6.07) is 8.09. The van der Waals surface area contributed by atoms with Crippen LogP contribution in [0.2, 0.25) is 0 Å². The van der Waals surface area contributed by atoms with Crippen molar-refractivity contribution in [3.63, 3.8) is 0 Å². The Balaban J connectivity index is 2.01. The molecule has 1 aromatic carbocycles. The first-order valence-electron chi connectivity index (χ1n) is 7.61. The van der Waals surface area contributed by atoms with Crippen molar-refractivity contribution in [3.05, 3.63) is 41.6 Å². The molecule has 0 aliphatic carbocycles. The molecule has 118 valence electrons. The van der Waals surface area contributed by atoms with E-state index >= 15 is 0 Å². The number of urea groups is 1. The Bertz CT molecular complexity index is 572. The molecule has 1 heterocycles. The molecule has 0 bridgehead atoms. The highest BCUT2D eigenvalue weighted by atomic mass is 16.2. The second-order valence-corrected chi connectivity index (χ2v) is 5.68. The predicted molar refractivity (Wildman–Crippen MR) is 90.6 cm³/mol. The lowest BCUT2D eigenvalue weighted by Crippen LogP contribution is -2.41. The molecule has 2 rings (SSSR count). The Kier molecular flexibility index (Phi) is 5.58. The van der Waals surface area contributed by atoms with Crippen molar-refractivity contribution in [1.82, 2.24) is 4.90 Å². The third kappa shape index (κ3) is 4.10. The average molecular weight is 300 g/mol. The van der Waals surface area contributed by atoms with Gasteiger partial charge in [0.15, 0.2) is 0 Å². The van der Waals surface area contributed by atoms with E-state index in [0.717, 1.165) is 43.5 Å². The van der Waals surface area contributed by atoms with Crippen molar-refractivity contribution in [3.8, 4) is 0 Å². The van der Waals surface area contributed by atoms with Crippen LogP contribution >= 0.6 is 0 Å². The Hall–Kier alpha value is -2.30. The fraction of sp³-hybridized carbons (Fsp3) is 0.412. The van der Waals surface area contributed by atoms with E-state index in [0.29, 0.717) is 5.92 Å². The highest BCUT2D eigenvalue weighted by Crippen LogP contribution is 2.23. The second kappa shape index (κ2) is 7.64. The minimum atomic E-state index is -0.308. The topological polar surface area (TPSA) is 84.7 Å². The fourth-order valence-corrected chi connectivity index (χ4v) is 2.92. The number of benzene rings is 1. The average Bonchev–Trinajstić information content (AvgIpc) is 2.53. The molecular weight excluding hydrogens is 276 g/mol. The van der Waals surface area contributed by atoms with Gasteiger partial charge >= 0.3 is 6.03 Å². The van der Waals surface area contributed by atoms with Crippen molar-refractivity contribution >= 4 is 17.8 Å². The molecule has 0 saturated carbocycles. The molecule has 5 nitrogen and oxygen atoms in total. The molecule has 4 N–H and O–H groups in total. The molecule has 1 saturated heterocycles. The maximum atomic E-state index is 11.2. The van der Waals surface area contributed by atoms with Gasteiger partial charge in [0.2, 0.25) is 0 Å². The fourth-order valence-electron chi connectivity index (χ4n) is 2.92. The summed E-state index contributed by atoms with van der Waals surface area (Å²) in [6.07, 6.45) is 6.37. The van der Waals surface area contributed by atoms with Gasteiger partial charge in [0, 0.05) is 38.1 Å². The van der Waals surface area contributed by atoms with Crippen LogP contribution in [-0.4, -0.2) is 37.3 Å². The van der Waals surface area contributed by atoms with E-state index < -0.39 is 0 Å². The number of piperidine rings is 1. The van der Waals surface area contributed by atoms with Crippen molar-refractivity contribution in [2.24, 2.45) is 22.4 Å². The quantitative estimate of drug-likeness (QED) is 0.834. The zero-order chi connectivity index (χ0) is 15.9. The number of amides is 2. The van der Waals surface area contributed by atoms with Crippen LogP contribution in [0, 0.1) is 5.92 Å². The van der Waals surface area contributed by atoms with Gasteiger partial charge in [-0.05, 0) is 36.3 Å². The van der Waals surface area contributed by atoms with Crippen LogP contribution < -0.4 is 11.5 Å². The summed E-state index contributed by atoms with van der Waals surface area (Å²) < 4.78 is 0. The first-order valence-corrected chi connectivity index (χ1v) is 7.61. The SMILES string of the molecule is CN=C/C(=C\N)c1cccc(CC2CCN(C(N)=O)CC2)c1. The normalized spacial score (nSPS) is 17.1. The smallest absolute Gasteiger partial charge is 0.314 e. The Morgan fingerprint density at radius 1 is 1.41 bits per heavy atom. The number of hydrogen-bond acceptors (Lipinski definition) is 3. The predicted octanol–water partition coefficient (Wildman–Crippen LogP) is 2.02. The maximum absolute atomic E-state index is 11.2. The third-order valence-corrected chi connectivity index (χ3v) is 4.16. The molecule has 0 spiro atoms. The summed E-state index contributed by atoms with van der Waals surface area (Å²) in [5.41, 5.74) is 14.3. The van der Waals surface area contributed by atoms with E-state index in [2.05, 4.69) is 23.2 Å². The molecule has 1 aromatic rings. The summed E-state index contributed by atoms with van der Waals surface area (Å²) >= 11 is 0. The van der Waals surface area contributed by atoms with Crippen LogP contribution in [0.3, 0.4) is 0 Å². The molecule has 5 heteroatoms. The lowest BCUT2D eigenvalue weighted by molar-refractivity contribution is 0.179. The van der Waals surface area contributed by atoms with Crippen molar-refractivity contribution in [1.29, 1.82) is 0 Å². The molecule has 0 aromatic heterocycles. The van der Waals surface area contributed by atoms with E-state index in [9.17, 15) is 4.79 Å². The maximum Gasteiger partial charge on any atom is 0.314 e. The minimum Gasteiger partial charge on any atom is -0.404 e. The minimum absolute atomic E-state index is 0.308. The number of nitrogens with two attached hydrogens (primary N) is 2. The lowest BCUT2D eigenvalue weighted by Gasteiger charge is -2.30. The first kappa shape index (κ1) is 16.1. The van der Waals surface area contributed by atoms with Crippen LogP contribution in [-0.2, 0) is 6.42 Å². The lowest BCUT2D eigenvalue weighted by atomic mass is 9.89. The highest BCUT2D eigenvalue weighted by Gasteiger charge is 2.21. The van der Waals surface area contributed by atoms with Crippen LogP contribution in [0.4, 0.5) is 4.79 Å². The van der Waals surface area contributed by atoms with E-state index in [-0.39, 0.29) is 6.03 Å². The molecule has 0 unspecified atom stereocenters. The van der Waals surface area contributed by atoms with Gasteiger partial charge < -0.3 is 16.4 Å². The van der Waals surface area contributed by atoms with Crippen LogP contribution in [0.25, 0.3) is 5.57 Å². The third-order valence-electron chi connectivity index (χ3n) is 4.16. The van der Waals surface area contributed by atoms with Gasteiger partial charge in [-0.3, -0.25) is 4.99 Å². The van der Waals surface area contributed by atoms with Crippen molar-refractivity contribution in [2.75, 3.05) is 20.1 Å². The number of likely N-dealkylation sites (tertiary alicyclic amines) is 1. The Labute approximate surface area is 131 Å². The summed E-state index contributed by atoms with van der Waals surface area (Å²) in [6.45, 7) is 1.52. The number of nitrogens with zero attached hydrogens (tertiary/aromatic N) is 2.